The van der Waals surface area contributed by atoms with Crippen LogP contribution >= 0.6 is 0 Å². The van der Waals surface area contributed by atoms with Crippen LogP contribution in [0, 0.1) is 25.7 Å². The first-order valence-electron chi connectivity index (χ1n) is 7.78. The van der Waals surface area contributed by atoms with Crippen LogP contribution in [0.25, 0.3) is 0 Å². The summed E-state index contributed by atoms with van der Waals surface area (Å²) in [4.78, 5) is 16.5. The van der Waals surface area contributed by atoms with Crippen LogP contribution in [0.5, 0.6) is 0 Å². The Morgan fingerprint density at radius 1 is 1.38 bits per heavy atom. The molecule has 2 fully saturated rings. The normalized spacial score (nSPS) is 32.4. The number of hydrazine groups is 1. The highest BCUT2D eigenvalue weighted by atomic mass is 16.2. The maximum atomic E-state index is 12.0. The summed E-state index contributed by atoms with van der Waals surface area (Å²) in [5.41, 5.74) is 15.3. The number of hydrogen-bond donors (Lipinski definition) is 3. The fourth-order valence-electron chi connectivity index (χ4n) is 3.76. The van der Waals surface area contributed by atoms with E-state index in [1.54, 1.807) is 0 Å². The summed E-state index contributed by atoms with van der Waals surface area (Å²) in [6.45, 7) is 4.70. The molecule has 4 unspecified atom stereocenters. The zero-order valence-corrected chi connectivity index (χ0v) is 12.7. The molecule has 1 aliphatic heterocycles. The molecule has 5 heteroatoms. The van der Waals surface area contributed by atoms with Gasteiger partial charge in [-0.05, 0) is 56.1 Å². The summed E-state index contributed by atoms with van der Waals surface area (Å²) < 4.78 is 0. The van der Waals surface area contributed by atoms with Crippen LogP contribution in [-0.4, -0.2) is 23.5 Å². The maximum absolute atomic E-state index is 12.0. The first-order chi connectivity index (χ1) is 10.1. The highest BCUT2D eigenvalue weighted by molar-refractivity contribution is 5.79. The van der Waals surface area contributed by atoms with Gasteiger partial charge >= 0.3 is 0 Å². The third kappa shape index (κ3) is 2.68. The maximum Gasteiger partial charge on any atom is 0.237 e. The molecule has 1 aromatic rings. The van der Waals surface area contributed by atoms with Gasteiger partial charge < -0.3 is 5.73 Å². The van der Waals surface area contributed by atoms with Gasteiger partial charge in [0, 0.05) is 30.4 Å². The molecule has 5 nitrogen and oxygen atoms in total. The largest absolute Gasteiger partial charge is 0.329 e. The Kier molecular flexibility index (Phi) is 3.95. The number of amides is 1. The number of nitrogens with zero attached hydrogens (tertiary/aromatic N) is 1. The van der Waals surface area contributed by atoms with E-state index in [1.165, 1.54) is 11.1 Å². The van der Waals surface area contributed by atoms with Gasteiger partial charge in [0.25, 0.3) is 0 Å². The molecular formula is C16H24N4O. The van der Waals surface area contributed by atoms with Gasteiger partial charge in [0.1, 0.15) is 0 Å². The highest BCUT2D eigenvalue weighted by Gasteiger charge is 2.42. The predicted octanol–water partition coefficient (Wildman–Crippen LogP) is 1.16. The van der Waals surface area contributed by atoms with Crippen molar-refractivity contribution >= 4 is 5.91 Å². The van der Waals surface area contributed by atoms with Crippen molar-refractivity contribution in [1.82, 2.24) is 15.8 Å². The summed E-state index contributed by atoms with van der Waals surface area (Å²) >= 11 is 0. The molecule has 1 aromatic heterocycles. The number of aryl methyl sites for hydroxylation is 2. The van der Waals surface area contributed by atoms with Crippen molar-refractivity contribution in [3.05, 3.63) is 29.1 Å². The van der Waals surface area contributed by atoms with Crippen LogP contribution in [-0.2, 0) is 4.79 Å². The molecule has 0 aromatic carbocycles. The third-order valence-corrected chi connectivity index (χ3v) is 5.22. The Balaban J connectivity index is 1.81. The number of nitrogens with one attached hydrogen (secondary N) is 2. The van der Waals surface area contributed by atoms with E-state index in [0.29, 0.717) is 18.4 Å². The quantitative estimate of drug-likeness (QED) is 0.763. The van der Waals surface area contributed by atoms with Gasteiger partial charge in [-0.15, -0.1) is 0 Å². The van der Waals surface area contributed by atoms with Crippen LogP contribution in [0.1, 0.15) is 42.0 Å². The molecule has 114 valence electrons. The van der Waals surface area contributed by atoms with Crippen molar-refractivity contribution in [2.24, 2.45) is 17.6 Å². The second kappa shape index (κ2) is 5.73. The van der Waals surface area contributed by atoms with Gasteiger partial charge in [-0.1, -0.05) is 6.07 Å². The number of aromatic nitrogens is 1. The zero-order chi connectivity index (χ0) is 15.0. The minimum atomic E-state index is 0.107. The fourth-order valence-corrected chi connectivity index (χ4v) is 3.76. The molecule has 21 heavy (non-hydrogen) atoms. The summed E-state index contributed by atoms with van der Waals surface area (Å²) in [5.74, 6) is 1.04. The molecule has 4 atom stereocenters. The number of carbonyl (C=O) groups excluding carboxylic acids is 1. The smallest absolute Gasteiger partial charge is 0.237 e. The molecular weight excluding hydrogens is 264 g/mol. The number of pyridine rings is 1. The molecule has 0 radical (unpaired) electrons. The van der Waals surface area contributed by atoms with Crippen LogP contribution in [0.15, 0.2) is 12.3 Å². The number of carbonyl (C=O) groups is 1. The molecule has 1 aliphatic carbocycles. The lowest BCUT2D eigenvalue weighted by molar-refractivity contribution is -0.133. The minimum Gasteiger partial charge on any atom is -0.329 e. The number of hydrogen-bond acceptors (Lipinski definition) is 4. The molecule has 1 saturated heterocycles. The van der Waals surface area contributed by atoms with E-state index in [0.717, 1.165) is 25.0 Å². The third-order valence-electron chi connectivity index (χ3n) is 5.22. The van der Waals surface area contributed by atoms with E-state index in [2.05, 4.69) is 28.8 Å². The van der Waals surface area contributed by atoms with Crippen LogP contribution in [0.2, 0.25) is 0 Å². The monoisotopic (exact) mass is 288 g/mol. The number of fused-ring (bicyclic) bond motifs is 1. The van der Waals surface area contributed by atoms with E-state index < -0.39 is 0 Å². The lowest BCUT2D eigenvalue weighted by Crippen LogP contribution is -2.62. The average Bonchev–Trinajstić information content (AvgIpc) is 2.50. The Morgan fingerprint density at radius 3 is 2.90 bits per heavy atom. The van der Waals surface area contributed by atoms with Gasteiger partial charge in [0.15, 0.2) is 0 Å². The van der Waals surface area contributed by atoms with Crippen LogP contribution < -0.4 is 16.6 Å². The molecule has 2 aliphatic rings. The summed E-state index contributed by atoms with van der Waals surface area (Å²) in [5, 5.41) is 0. The Bertz CT molecular complexity index is 545. The molecule has 2 heterocycles. The van der Waals surface area contributed by atoms with Gasteiger partial charge in [-0.25, -0.2) is 5.43 Å². The second-order valence-electron chi connectivity index (χ2n) is 6.43. The average molecular weight is 288 g/mol. The number of rotatable bonds is 2. The Hall–Kier alpha value is -1.46. The minimum absolute atomic E-state index is 0.107. The molecule has 0 spiro atoms. The Labute approximate surface area is 125 Å². The summed E-state index contributed by atoms with van der Waals surface area (Å²) in [7, 11) is 0. The van der Waals surface area contributed by atoms with E-state index in [1.807, 2.05) is 13.1 Å². The highest BCUT2D eigenvalue weighted by Crippen LogP contribution is 2.42. The van der Waals surface area contributed by atoms with E-state index >= 15 is 0 Å². The van der Waals surface area contributed by atoms with Crippen LogP contribution in [0.4, 0.5) is 0 Å². The van der Waals surface area contributed by atoms with E-state index in [-0.39, 0.29) is 17.9 Å². The van der Waals surface area contributed by atoms with Crippen molar-refractivity contribution in [2.75, 3.05) is 6.54 Å². The van der Waals surface area contributed by atoms with Crippen molar-refractivity contribution < 1.29 is 4.79 Å². The first-order valence-corrected chi connectivity index (χ1v) is 7.78. The molecule has 4 N–H and O–H groups in total. The molecule has 1 saturated carbocycles. The molecule has 1 amide bonds. The van der Waals surface area contributed by atoms with E-state index in [9.17, 15) is 4.79 Å². The van der Waals surface area contributed by atoms with Crippen LogP contribution in [0.3, 0.4) is 0 Å². The zero-order valence-electron chi connectivity index (χ0n) is 12.7. The van der Waals surface area contributed by atoms with Crippen molar-refractivity contribution in [2.45, 2.75) is 45.1 Å². The Morgan fingerprint density at radius 2 is 2.19 bits per heavy atom. The molecule has 0 bridgehead atoms. The lowest BCUT2D eigenvalue weighted by atomic mass is 9.68. The lowest BCUT2D eigenvalue weighted by Gasteiger charge is -2.43. The van der Waals surface area contributed by atoms with E-state index in [4.69, 9.17) is 5.73 Å². The SMILES string of the molecule is Cc1cc(C2CCC3C(=O)NNC(CN)C3C2)cnc1C. The molecule has 3 rings (SSSR count). The first kappa shape index (κ1) is 14.5. The van der Waals surface area contributed by atoms with Gasteiger partial charge in [-0.3, -0.25) is 15.2 Å². The van der Waals surface area contributed by atoms with Gasteiger partial charge in [0.2, 0.25) is 5.91 Å². The second-order valence-corrected chi connectivity index (χ2v) is 6.43. The van der Waals surface area contributed by atoms with Gasteiger partial charge in [-0.2, -0.15) is 0 Å². The topological polar surface area (TPSA) is 80.0 Å². The fraction of sp³-hybridized carbons (Fsp3) is 0.625. The predicted molar refractivity (Wildman–Crippen MR) is 81.4 cm³/mol. The standard InChI is InChI=1S/C16H24N4O/c1-9-5-12(8-18-10(9)2)11-3-4-13-14(6-11)15(7-17)19-20-16(13)21/h5,8,11,13-15,19H,3-4,6-7,17H2,1-2H3,(H,20,21). The van der Waals surface area contributed by atoms with Gasteiger partial charge in [0.05, 0.1) is 0 Å². The summed E-state index contributed by atoms with van der Waals surface area (Å²) in [6, 6.07) is 2.43. The van der Waals surface area contributed by atoms with Crippen molar-refractivity contribution in [3.8, 4) is 0 Å². The summed E-state index contributed by atoms with van der Waals surface area (Å²) in [6.07, 6.45) is 5.00. The van der Waals surface area contributed by atoms with Crippen molar-refractivity contribution in [3.63, 3.8) is 0 Å². The van der Waals surface area contributed by atoms with Crippen molar-refractivity contribution in [1.29, 1.82) is 0 Å². The number of nitrogens with two attached hydrogens (primary N) is 1.